The van der Waals surface area contributed by atoms with Crippen LogP contribution in [0.15, 0.2) is 0 Å². The molecule has 0 bridgehead atoms. The van der Waals surface area contributed by atoms with Gasteiger partial charge in [0.05, 0.1) is 12.2 Å². The Bertz CT molecular complexity index is 124. The van der Waals surface area contributed by atoms with Crippen molar-refractivity contribution in [2.45, 2.75) is 37.9 Å². The van der Waals surface area contributed by atoms with Crippen LogP contribution in [0.25, 0.3) is 0 Å². The van der Waals surface area contributed by atoms with E-state index in [-0.39, 0.29) is 0 Å². The molecule has 0 radical (unpaired) electrons. The molecule has 13 heavy (non-hydrogen) atoms. The third-order valence-corrected chi connectivity index (χ3v) is 2.84. The monoisotopic (exact) mass is 185 g/mol. The molecule has 2 saturated heterocycles. The summed E-state index contributed by atoms with van der Waals surface area (Å²) in [5, 5.41) is 3.35. The molecule has 2 aliphatic heterocycles. The first-order valence-electron chi connectivity index (χ1n) is 5.39. The average molecular weight is 185 g/mol. The lowest BCUT2D eigenvalue weighted by Gasteiger charge is -2.30. The predicted molar refractivity (Wildman–Crippen MR) is 50.8 cm³/mol. The van der Waals surface area contributed by atoms with E-state index in [9.17, 15) is 0 Å². The van der Waals surface area contributed by atoms with E-state index in [1.165, 1.54) is 12.8 Å². The zero-order chi connectivity index (χ0) is 8.93. The van der Waals surface area contributed by atoms with Gasteiger partial charge in [-0.3, -0.25) is 0 Å². The molecule has 3 heteroatoms. The van der Waals surface area contributed by atoms with Gasteiger partial charge in [-0.15, -0.1) is 0 Å². The van der Waals surface area contributed by atoms with Gasteiger partial charge < -0.3 is 14.8 Å². The maximum absolute atomic E-state index is 6.01. The molecule has 0 aromatic rings. The topological polar surface area (TPSA) is 30.5 Å². The van der Waals surface area contributed by atoms with Gasteiger partial charge in [-0.05, 0) is 38.8 Å². The minimum atomic E-state index is 0.469. The number of hydrogen-bond donors (Lipinski definition) is 1. The quantitative estimate of drug-likeness (QED) is 0.694. The summed E-state index contributed by atoms with van der Waals surface area (Å²) in [7, 11) is 0. The van der Waals surface area contributed by atoms with Crippen LogP contribution < -0.4 is 5.32 Å². The maximum atomic E-state index is 6.01. The SMILES string of the molecule is C1CC(OC2CCOCC2)CCN1. The molecule has 76 valence electrons. The Labute approximate surface area is 79.8 Å². The van der Waals surface area contributed by atoms with E-state index in [1.54, 1.807) is 0 Å². The Kier molecular flexibility index (Phi) is 3.58. The largest absolute Gasteiger partial charge is 0.381 e. The highest BCUT2D eigenvalue weighted by Crippen LogP contribution is 2.17. The van der Waals surface area contributed by atoms with E-state index >= 15 is 0 Å². The van der Waals surface area contributed by atoms with E-state index in [1.807, 2.05) is 0 Å². The van der Waals surface area contributed by atoms with Crippen molar-refractivity contribution in [3.05, 3.63) is 0 Å². The predicted octanol–water partition coefficient (Wildman–Crippen LogP) is 0.934. The Morgan fingerprint density at radius 3 is 2.23 bits per heavy atom. The van der Waals surface area contributed by atoms with Crippen LogP contribution >= 0.6 is 0 Å². The van der Waals surface area contributed by atoms with Crippen LogP contribution in [0.4, 0.5) is 0 Å². The standard InChI is InChI=1S/C10H19NO2/c1-5-11-6-2-9(1)13-10-3-7-12-8-4-10/h9-11H,1-8H2. The summed E-state index contributed by atoms with van der Waals surface area (Å²) in [6.07, 6.45) is 5.50. The minimum absolute atomic E-state index is 0.469. The van der Waals surface area contributed by atoms with Crippen LogP contribution in [0.1, 0.15) is 25.7 Å². The number of nitrogens with one attached hydrogen (secondary N) is 1. The first-order valence-corrected chi connectivity index (χ1v) is 5.39. The summed E-state index contributed by atoms with van der Waals surface area (Å²) in [5.41, 5.74) is 0. The van der Waals surface area contributed by atoms with Crippen LogP contribution in [0, 0.1) is 0 Å². The van der Waals surface area contributed by atoms with Crippen LogP contribution in [-0.2, 0) is 9.47 Å². The van der Waals surface area contributed by atoms with Gasteiger partial charge in [-0.25, -0.2) is 0 Å². The summed E-state index contributed by atoms with van der Waals surface area (Å²) in [4.78, 5) is 0. The van der Waals surface area contributed by atoms with Crippen molar-refractivity contribution in [1.82, 2.24) is 5.32 Å². The molecule has 2 aliphatic rings. The Hall–Kier alpha value is -0.120. The highest BCUT2D eigenvalue weighted by molar-refractivity contribution is 4.72. The molecule has 2 rings (SSSR count). The van der Waals surface area contributed by atoms with Crippen LogP contribution in [-0.4, -0.2) is 38.5 Å². The van der Waals surface area contributed by atoms with Gasteiger partial charge in [0, 0.05) is 13.2 Å². The van der Waals surface area contributed by atoms with Gasteiger partial charge in [-0.2, -0.15) is 0 Å². The zero-order valence-electron chi connectivity index (χ0n) is 8.13. The lowest BCUT2D eigenvalue weighted by atomic mass is 10.1. The van der Waals surface area contributed by atoms with Crippen LogP contribution in [0.2, 0.25) is 0 Å². The summed E-state index contributed by atoms with van der Waals surface area (Å²) in [6.45, 7) is 4.01. The van der Waals surface area contributed by atoms with Gasteiger partial charge >= 0.3 is 0 Å². The number of rotatable bonds is 2. The first kappa shape index (κ1) is 9.44. The Morgan fingerprint density at radius 1 is 0.923 bits per heavy atom. The third kappa shape index (κ3) is 2.93. The molecule has 0 saturated carbocycles. The Balaban J connectivity index is 1.69. The third-order valence-electron chi connectivity index (χ3n) is 2.84. The number of piperidine rings is 1. The fourth-order valence-electron chi connectivity index (χ4n) is 2.02. The highest BCUT2D eigenvalue weighted by atomic mass is 16.5. The summed E-state index contributed by atoms with van der Waals surface area (Å²) < 4.78 is 11.3. The molecule has 0 aliphatic carbocycles. The van der Waals surface area contributed by atoms with Crippen LogP contribution in [0.5, 0.6) is 0 Å². The molecule has 3 nitrogen and oxygen atoms in total. The van der Waals surface area contributed by atoms with Crippen LogP contribution in [0.3, 0.4) is 0 Å². The maximum Gasteiger partial charge on any atom is 0.0622 e. The molecule has 0 amide bonds. The zero-order valence-corrected chi connectivity index (χ0v) is 8.13. The fraction of sp³-hybridized carbons (Fsp3) is 1.00. The van der Waals surface area contributed by atoms with Gasteiger partial charge in [-0.1, -0.05) is 0 Å². The summed E-state index contributed by atoms with van der Waals surface area (Å²) in [6, 6.07) is 0. The van der Waals surface area contributed by atoms with Crippen molar-refractivity contribution in [3.63, 3.8) is 0 Å². The van der Waals surface area contributed by atoms with E-state index in [0.717, 1.165) is 39.1 Å². The molecule has 0 unspecified atom stereocenters. The van der Waals surface area contributed by atoms with Gasteiger partial charge in [0.1, 0.15) is 0 Å². The molecule has 0 aromatic heterocycles. The van der Waals surface area contributed by atoms with E-state index in [0.29, 0.717) is 12.2 Å². The molecule has 0 atom stereocenters. The molecule has 0 aromatic carbocycles. The second kappa shape index (κ2) is 4.94. The molecule has 2 fully saturated rings. The smallest absolute Gasteiger partial charge is 0.0622 e. The van der Waals surface area contributed by atoms with E-state index in [4.69, 9.17) is 9.47 Å². The molecule has 1 N–H and O–H groups in total. The van der Waals surface area contributed by atoms with Crippen molar-refractivity contribution in [3.8, 4) is 0 Å². The number of hydrogen-bond acceptors (Lipinski definition) is 3. The molecule has 0 spiro atoms. The number of ether oxygens (including phenoxy) is 2. The molecule has 2 heterocycles. The fourth-order valence-corrected chi connectivity index (χ4v) is 2.02. The van der Waals surface area contributed by atoms with Crippen molar-refractivity contribution >= 4 is 0 Å². The van der Waals surface area contributed by atoms with Crippen molar-refractivity contribution in [1.29, 1.82) is 0 Å². The Morgan fingerprint density at radius 2 is 1.54 bits per heavy atom. The lowest BCUT2D eigenvalue weighted by Crippen LogP contribution is -2.36. The van der Waals surface area contributed by atoms with Crippen molar-refractivity contribution in [2.75, 3.05) is 26.3 Å². The lowest BCUT2D eigenvalue weighted by molar-refractivity contribution is -0.0759. The normalized spacial score (nSPS) is 27.7. The summed E-state index contributed by atoms with van der Waals surface area (Å²) in [5.74, 6) is 0. The van der Waals surface area contributed by atoms with Gasteiger partial charge in [0.15, 0.2) is 0 Å². The first-order chi connectivity index (χ1) is 6.45. The van der Waals surface area contributed by atoms with Crippen molar-refractivity contribution < 1.29 is 9.47 Å². The second-order valence-corrected chi connectivity index (χ2v) is 3.90. The van der Waals surface area contributed by atoms with Gasteiger partial charge in [0.2, 0.25) is 0 Å². The average Bonchev–Trinajstić information content (AvgIpc) is 2.21. The molecular formula is C10H19NO2. The minimum Gasteiger partial charge on any atom is -0.381 e. The summed E-state index contributed by atoms with van der Waals surface area (Å²) >= 11 is 0. The second-order valence-electron chi connectivity index (χ2n) is 3.90. The van der Waals surface area contributed by atoms with Gasteiger partial charge in [0.25, 0.3) is 0 Å². The van der Waals surface area contributed by atoms with E-state index < -0.39 is 0 Å². The van der Waals surface area contributed by atoms with Crippen molar-refractivity contribution in [2.24, 2.45) is 0 Å². The highest BCUT2D eigenvalue weighted by Gasteiger charge is 2.20. The molecular weight excluding hydrogens is 166 g/mol. The van der Waals surface area contributed by atoms with E-state index in [2.05, 4.69) is 5.32 Å².